The second kappa shape index (κ2) is 5.97. The first-order valence-electron chi connectivity index (χ1n) is 5.04. The number of nitrogens with one attached hydrogen (secondary N) is 1. The van der Waals surface area contributed by atoms with Crippen LogP contribution in [0.3, 0.4) is 0 Å². The Labute approximate surface area is 94.8 Å². The van der Waals surface area contributed by atoms with E-state index in [1.165, 1.54) is 0 Å². The van der Waals surface area contributed by atoms with Crippen molar-refractivity contribution < 1.29 is 9.53 Å². The maximum atomic E-state index is 10.8. The minimum Gasteiger partial charge on any atom is -0.497 e. The third kappa shape index (κ3) is 3.78. The van der Waals surface area contributed by atoms with Gasteiger partial charge in [0.2, 0.25) is 5.91 Å². The van der Waals surface area contributed by atoms with Gasteiger partial charge in [-0.15, -0.1) is 0 Å². The molecule has 0 radical (unpaired) electrons. The van der Waals surface area contributed by atoms with Crippen LogP contribution in [0.1, 0.15) is 6.42 Å². The van der Waals surface area contributed by atoms with E-state index >= 15 is 0 Å². The molecule has 0 saturated heterocycles. The van der Waals surface area contributed by atoms with Gasteiger partial charge in [0.05, 0.1) is 7.11 Å². The number of nitrogens with two attached hydrogens (primary N) is 2. The van der Waals surface area contributed by atoms with E-state index < -0.39 is 0 Å². The van der Waals surface area contributed by atoms with Gasteiger partial charge < -0.3 is 21.5 Å². The molecule has 0 aliphatic carbocycles. The van der Waals surface area contributed by atoms with Crippen LogP contribution in [0.15, 0.2) is 24.3 Å². The standard InChI is InChI=1S/C11H17N3O2/c1-16-10-4-2-8(3-5-10)14-9(7-12)6-11(13)15/h2-5,9,14H,6-7,12H2,1H3,(H2,13,15). The average molecular weight is 223 g/mol. The molecule has 5 nitrogen and oxygen atoms in total. The second-order valence-corrected chi connectivity index (χ2v) is 3.48. The van der Waals surface area contributed by atoms with Crippen molar-refractivity contribution >= 4 is 11.6 Å². The molecule has 0 aromatic heterocycles. The van der Waals surface area contributed by atoms with Gasteiger partial charge in [-0.1, -0.05) is 0 Å². The van der Waals surface area contributed by atoms with Gasteiger partial charge in [0.25, 0.3) is 0 Å². The number of benzene rings is 1. The van der Waals surface area contributed by atoms with E-state index in [4.69, 9.17) is 16.2 Å². The van der Waals surface area contributed by atoms with Crippen LogP contribution in [0.2, 0.25) is 0 Å². The third-order valence-corrected chi connectivity index (χ3v) is 2.19. The first-order valence-corrected chi connectivity index (χ1v) is 5.04. The highest BCUT2D eigenvalue weighted by molar-refractivity contribution is 5.75. The summed E-state index contributed by atoms with van der Waals surface area (Å²) in [6.45, 7) is 0.356. The summed E-state index contributed by atoms with van der Waals surface area (Å²) in [5.41, 5.74) is 11.5. The van der Waals surface area contributed by atoms with Gasteiger partial charge in [-0.2, -0.15) is 0 Å². The van der Waals surface area contributed by atoms with E-state index in [0.29, 0.717) is 6.54 Å². The largest absolute Gasteiger partial charge is 0.497 e. The van der Waals surface area contributed by atoms with E-state index in [-0.39, 0.29) is 18.4 Å². The Morgan fingerprint density at radius 1 is 1.44 bits per heavy atom. The molecule has 88 valence electrons. The summed E-state index contributed by atoms with van der Waals surface area (Å²) >= 11 is 0. The van der Waals surface area contributed by atoms with Crippen LogP contribution in [0.5, 0.6) is 5.75 Å². The molecule has 5 N–H and O–H groups in total. The number of carbonyl (C=O) groups is 1. The molecule has 0 aliphatic rings. The number of amides is 1. The lowest BCUT2D eigenvalue weighted by Crippen LogP contribution is -2.33. The van der Waals surface area contributed by atoms with Crippen molar-refractivity contribution in [3.05, 3.63) is 24.3 Å². The lowest BCUT2D eigenvalue weighted by Gasteiger charge is -2.16. The quantitative estimate of drug-likeness (QED) is 0.647. The first kappa shape index (κ1) is 12.3. The van der Waals surface area contributed by atoms with E-state index in [1.54, 1.807) is 7.11 Å². The van der Waals surface area contributed by atoms with Gasteiger partial charge >= 0.3 is 0 Å². The van der Waals surface area contributed by atoms with Crippen molar-refractivity contribution in [2.75, 3.05) is 19.0 Å². The highest BCUT2D eigenvalue weighted by Gasteiger charge is 2.09. The summed E-state index contributed by atoms with van der Waals surface area (Å²) in [5.74, 6) is 0.418. The zero-order chi connectivity index (χ0) is 12.0. The smallest absolute Gasteiger partial charge is 0.219 e. The van der Waals surface area contributed by atoms with Crippen LogP contribution in [0.4, 0.5) is 5.69 Å². The van der Waals surface area contributed by atoms with Crippen molar-refractivity contribution in [2.24, 2.45) is 11.5 Å². The number of hydrogen-bond acceptors (Lipinski definition) is 4. The monoisotopic (exact) mass is 223 g/mol. The third-order valence-electron chi connectivity index (χ3n) is 2.19. The Balaban J connectivity index is 2.59. The normalized spacial score (nSPS) is 11.9. The molecular weight excluding hydrogens is 206 g/mol. The molecule has 1 unspecified atom stereocenters. The van der Waals surface area contributed by atoms with Crippen molar-refractivity contribution in [1.29, 1.82) is 0 Å². The highest BCUT2D eigenvalue weighted by atomic mass is 16.5. The Kier molecular flexibility index (Phi) is 4.60. The lowest BCUT2D eigenvalue weighted by atomic mass is 10.2. The molecule has 5 heteroatoms. The molecule has 0 heterocycles. The van der Waals surface area contributed by atoms with Gasteiger partial charge in [0, 0.05) is 24.7 Å². The van der Waals surface area contributed by atoms with E-state index in [1.807, 2.05) is 24.3 Å². The maximum absolute atomic E-state index is 10.8. The fourth-order valence-electron chi connectivity index (χ4n) is 1.36. The number of ether oxygens (including phenoxy) is 1. The van der Waals surface area contributed by atoms with Gasteiger partial charge in [0.15, 0.2) is 0 Å². The van der Waals surface area contributed by atoms with Crippen LogP contribution in [-0.4, -0.2) is 25.6 Å². The molecule has 0 bridgehead atoms. The fourth-order valence-corrected chi connectivity index (χ4v) is 1.36. The Morgan fingerprint density at radius 2 is 2.06 bits per heavy atom. The van der Waals surface area contributed by atoms with Gasteiger partial charge in [-0.05, 0) is 24.3 Å². The van der Waals surface area contributed by atoms with Crippen LogP contribution < -0.4 is 21.5 Å². The molecule has 16 heavy (non-hydrogen) atoms. The van der Waals surface area contributed by atoms with E-state index in [2.05, 4.69) is 5.32 Å². The molecule has 0 aliphatic heterocycles. The van der Waals surface area contributed by atoms with Crippen molar-refractivity contribution in [3.8, 4) is 5.75 Å². The minimum absolute atomic E-state index is 0.133. The lowest BCUT2D eigenvalue weighted by molar-refractivity contribution is -0.118. The molecular formula is C11H17N3O2. The van der Waals surface area contributed by atoms with Crippen molar-refractivity contribution in [3.63, 3.8) is 0 Å². The second-order valence-electron chi connectivity index (χ2n) is 3.48. The molecule has 1 atom stereocenters. The Hall–Kier alpha value is -1.75. The van der Waals surface area contributed by atoms with Gasteiger partial charge in [-0.3, -0.25) is 4.79 Å². The van der Waals surface area contributed by atoms with E-state index in [0.717, 1.165) is 11.4 Å². The minimum atomic E-state index is -0.364. The average Bonchev–Trinajstić information content (AvgIpc) is 2.28. The van der Waals surface area contributed by atoms with Crippen LogP contribution in [0, 0.1) is 0 Å². The first-order chi connectivity index (χ1) is 7.65. The molecule has 1 rings (SSSR count). The van der Waals surface area contributed by atoms with Crippen molar-refractivity contribution in [1.82, 2.24) is 0 Å². The number of primary amides is 1. The Bertz CT molecular complexity index is 338. The number of hydrogen-bond donors (Lipinski definition) is 3. The Morgan fingerprint density at radius 3 is 2.50 bits per heavy atom. The zero-order valence-corrected chi connectivity index (χ0v) is 9.27. The number of rotatable bonds is 6. The topological polar surface area (TPSA) is 90.4 Å². The molecule has 1 amide bonds. The zero-order valence-electron chi connectivity index (χ0n) is 9.27. The fraction of sp³-hybridized carbons (Fsp3) is 0.364. The molecule has 1 aromatic carbocycles. The number of methoxy groups -OCH3 is 1. The van der Waals surface area contributed by atoms with Crippen LogP contribution in [0.25, 0.3) is 0 Å². The van der Waals surface area contributed by atoms with Gasteiger partial charge in [-0.25, -0.2) is 0 Å². The maximum Gasteiger partial charge on any atom is 0.219 e. The van der Waals surface area contributed by atoms with Gasteiger partial charge in [0.1, 0.15) is 5.75 Å². The van der Waals surface area contributed by atoms with E-state index in [9.17, 15) is 4.79 Å². The molecule has 0 spiro atoms. The summed E-state index contributed by atoms with van der Waals surface area (Å²) in [6.07, 6.45) is 0.225. The van der Waals surface area contributed by atoms with Crippen LogP contribution >= 0.6 is 0 Å². The predicted octanol–water partition coefficient (Wildman–Crippen LogP) is 0.310. The molecule has 0 fully saturated rings. The predicted molar refractivity (Wildman–Crippen MR) is 63.3 cm³/mol. The summed E-state index contributed by atoms with van der Waals surface area (Å²) in [4.78, 5) is 10.8. The molecule has 1 aromatic rings. The van der Waals surface area contributed by atoms with Crippen molar-refractivity contribution in [2.45, 2.75) is 12.5 Å². The number of carbonyl (C=O) groups excluding carboxylic acids is 1. The summed E-state index contributed by atoms with van der Waals surface area (Å²) in [6, 6.07) is 7.26. The van der Waals surface area contributed by atoms with Crippen LogP contribution in [-0.2, 0) is 4.79 Å². The summed E-state index contributed by atoms with van der Waals surface area (Å²) < 4.78 is 5.04. The SMILES string of the molecule is COc1ccc(NC(CN)CC(N)=O)cc1. The molecule has 0 saturated carbocycles. The summed E-state index contributed by atoms with van der Waals surface area (Å²) in [7, 11) is 1.61. The number of anilines is 1. The summed E-state index contributed by atoms with van der Waals surface area (Å²) in [5, 5.41) is 3.13. The highest BCUT2D eigenvalue weighted by Crippen LogP contribution is 2.16.